The molecule has 0 amide bonds. The number of nitrogens with one attached hydrogen (secondary N) is 1. The molecule has 18 heavy (non-hydrogen) atoms. The van der Waals surface area contributed by atoms with Gasteiger partial charge in [0.2, 0.25) is 0 Å². The van der Waals surface area contributed by atoms with Crippen molar-refractivity contribution in [3.05, 3.63) is 35.6 Å². The summed E-state index contributed by atoms with van der Waals surface area (Å²) in [7, 11) is -2.09. The van der Waals surface area contributed by atoms with Gasteiger partial charge < -0.3 is 5.11 Å². The Labute approximate surface area is 109 Å². The lowest BCUT2D eigenvalue weighted by molar-refractivity contribution is 0.476. The second-order valence-corrected chi connectivity index (χ2v) is 5.71. The fourth-order valence-corrected chi connectivity index (χ4v) is 2.48. The number of nitrogens with zero attached hydrogens (tertiary/aromatic N) is 2. The summed E-state index contributed by atoms with van der Waals surface area (Å²) in [5, 5.41) is 13.3. The molecule has 0 saturated heterocycles. The topological polar surface area (TPSA) is 84.2 Å². The van der Waals surface area contributed by atoms with Gasteiger partial charge in [0.05, 0.1) is 16.9 Å². The molecule has 0 fully saturated rings. The van der Waals surface area contributed by atoms with Crippen molar-refractivity contribution >= 4 is 27.3 Å². The zero-order valence-corrected chi connectivity index (χ0v) is 10.9. The monoisotopic (exact) mass is 287 g/mol. The fourth-order valence-electron chi connectivity index (χ4n) is 1.33. The van der Waals surface area contributed by atoms with Crippen LogP contribution in [0.25, 0.3) is 0 Å². The molecule has 0 aliphatic rings. The first-order chi connectivity index (χ1) is 8.38. The minimum atomic E-state index is -3.71. The lowest BCUT2D eigenvalue weighted by atomic mass is 10.3. The highest BCUT2D eigenvalue weighted by molar-refractivity contribution is 7.92. The van der Waals surface area contributed by atoms with Crippen LogP contribution in [-0.2, 0) is 17.1 Å². The number of phenols is 1. The molecule has 1 heterocycles. The zero-order valence-electron chi connectivity index (χ0n) is 9.33. The summed E-state index contributed by atoms with van der Waals surface area (Å²) in [5.74, 6) is -0.192. The number of hydrogen-bond donors (Lipinski definition) is 2. The summed E-state index contributed by atoms with van der Waals surface area (Å²) in [6, 6.07) is 4.09. The molecule has 1 aromatic heterocycles. The van der Waals surface area contributed by atoms with Crippen LogP contribution in [0.4, 0.5) is 5.69 Å². The smallest absolute Gasteiger partial charge is 0.265 e. The first kappa shape index (κ1) is 12.7. The lowest BCUT2D eigenvalue weighted by Crippen LogP contribution is -2.12. The highest BCUT2D eigenvalue weighted by atomic mass is 35.5. The van der Waals surface area contributed by atoms with Crippen molar-refractivity contribution in [1.29, 1.82) is 0 Å². The van der Waals surface area contributed by atoms with E-state index in [2.05, 4.69) is 9.82 Å². The van der Waals surface area contributed by atoms with Crippen LogP contribution < -0.4 is 4.72 Å². The molecule has 96 valence electrons. The van der Waals surface area contributed by atoms with Crippen LogP contribution in [0.3, 0.4) is 0 Å². The van der Waals surface area contributed by atoms with E-state index >= 15 is 0 Å². The number of anilines is 1. The molecule has 2 rings (SSSR count). The van der Waals surface area contributed by atoms with Gasteiger partial charge in [-0.05, 0) is 12.1 Å². The van der Waals surface area contributed by atoms with Crippen molar-refractivity contribution in [1.82, 2.24) is 9.78 Å². The molecule has 0 spiro atoms. The quantitative estimate of drug-likeness (QED) is 0.898. The molecule has 0 unspecified atom stereocenters. The van der Waals surface area contributed by atoms with E-state index in [-0.39, 0.29) is 21.4 Å². The van der Waals surface area contributed by atoms with Crippen molar-refractivity contribution < 1.29 is 13.5 Å². The second-order valence-electron chi connectivity index (χ2n) is 3.62. The Balaban J connectivity index is 2.30. The highest BCUT2D eigenvalue weighted by Crippen LogP contribution is 2.27. The molecule has 2 N–H and O–H groups in total. The first-order valence-corrected chi connectivity index (χ1v) is 6.74. The number of benzene rings is 1. The third-order valence-corrected chi connectivity index (χ3v) is 3.85. The molecule has 0 bridgehead atoms. The molecular weight excluding hydrogens is 278 g/mol. The largest absolute Gasteiger partial charge is 0.506 e. The van der Waals surface area contributed by atoms with E-state index in [4.69, 9.17) is 11.6 Å². The third-order valence-electron chi connectivity index (χ3n) is 2.19. The Morgan fingerprint density at radius 1 is 1.44 bits per heavy atom. The molecule has 0 radical (unpaired) electrons. The average molecular weight is 288 g/mol. The molecule has 0 saturated carbocycles. The Kier molecular flexibility index (Phi) is 3.18. The van der Waals surface area contributed by atoms with E-state index in [1.807, 2.05) is 0 Å². The molecule has 0 aliphatic heterocycles. The summed E-state index contributed by atoms with van der Waals surface area (Å²) in [5.41, 5.74) is 0.223. The van der Waals surface area contributed by atoms with E-state index in [0.29, 0.717) is 0 Å². The van der Waals surface area contributed by atoms with Gasteiger partial charge in [-0.3, -0.25) is 9.40 Å². The van der Waals surface area contributed by atoms with Crippen LogP contribution in [0.15, 0.2) is 35.5 Å². The lowest BCUT2D eigenvalue weighted by Gasteiger charge is -2.06. The SMILES string of the molecule is Cn1cc(S(=O)(=O)Nc2ccc(Cl)c(O)c2)cn1. The number of aromatic nitrogens is 2. The number of halogens is 1. The fraction of sp³-hybridized carbons (Fsp3) is 0.100. The van der Waals surface area contributed by atoms with Crippen LogP contribution in [0.1, 0.15) is 0 Å². The number of hydrogen-bond acceptors (Lipinski definition) is 4. The molecule has 8 heteroatoms. The Hall–Kier alpha value is -1.73. The number of phenolic OH excluding ortho intramolecular Hbond substituents is 1. The van der Waals surface area contributed by atoms with Gasteiger partial charge in [0.15, 0.2) is 0 Å². The summed E-state index contributed by atoms with van der Waals surface area (Å²) < 4.78 is 27.6. The van der Waals surface area contributed by atoms with Crippen LogP contribution in [0.2, 0.25) is 5.02 Å². The maximum Gasteiger partial charge on any atom is 0.265 e. The van der Waals surface area contributed by atoms with Crippen molar-refractivity contribution in [2.45, 2.75) is 4.90 Å². The molecule has 1 aromatic carbocycles. The average Bonchev–Trinajstić information content (AvgIpc) is 2.71. The minimum Gasteiger partial charge on any atom is -0.506 e. The van der Waals surface area contributed by atoms with Gasteiger partial charge in [-0.15, -0.1) is 0 Å². The van der Waals surface area contributed by atoms with Crippen LogP contribution in [-0.4, -0.2) is 23.3 Å². The van der Waals surface area contributed by atoms with Gasteiger partial charge in [-0.25, -0.2) is 8.42 Å². The van der Waals surface area contributed by atoms with E-state index in [9.17, 15) is 13.5 Å². The predicted molar refractivity (Wildman–Crippen MR) is 67.1 cm³/mol. The number of rotatable bonds is 3. The molecule has 0 aliphatic carbocycles. The van der Waals surface area contributed by atoms with E-state index in [1.165, 1.54) is 35.3 Å². The Morgan fingerprint density at radius 2 is 2.17 bits per heavy atom. The Morgan fingerprint density at radius 3 is 2.72 bits per heavy atom. The molecule has 2 aromatic rings. The summed E-state index contributed by atoms with van der Waals surface area (Å²) in [4.78, 5) is 0.0411. The highest BCUT2D eigenvalue weighted by Gasteiger charge is 2.16. The van der Waals surface area contributed by atoms with Gasteiger partial charge in [0.1, 0.15) is 10.6 Å². The molecular formula is C10H10ClN3O3S. The Bertz CT molecular complexity index is 681. The zero-order chi connectivity index (χ0) is 13.3. The molecule has 6 nitrogen and oxygen atoms in total. The minimum absolute atomic E-state index is 0.0411. The first-order valence-electron chi connectivity index (χ1n) is 4.88. The number of aryl methyl sites for hydroxylation is 1. The van der Waals surface area contributed by atoms with Crippen LogP contribution in [0, 0.1) is 0 Å². The van der Waals surface area contributed by atoms with Crippen molar-refractivity contribution in [3.8, 4) is 5.75 Å². The van der Waals surface area contributed by atoms with Crippen LogP contribution in [0.5, 0.6) is 5.75 Å². The number of aromatic hydroxyl groups is 1. The second kappa shape index (κ2) is 4.51. The van der Waals surface area contributed by atoms with Gasteiger partial charge in [0.25, 0.3) is 10.0 Å². The number of sulfonamides is 1. The normalized spacial score (nSPS) is 11.4. The van der Waals surface area contributed by atoms with Crippen molar-refractivity contribution in [3.63, 3.8) is 0 Å². The van der Waals surface area contributed by atoms with Crippen molar-refractivity contribution in [2.24, 2.45) is 7.05 Å². The van der Waals surface area contributed by atoms with E-state index < -0.39 is 10.0 Å². The van der Waals surface area contributed by atoms with Gasteiger partial charge in [-0.1, -0.05) is 11.6 Å². The van der Waals surface area contributed by atoms with Crippen LogP contribution >= 0.6 is 11.6 Å². The van der Waals surface area contributed by atoms with Gasteiger partial charge in [-0.2, -0.15) is 5.10 Å². The van der Waals surface area contributed by atoms with Gasteiger partial charge in [0, 0.05) is 19.3 Å². The third kappa shape index (κ3) is 2.57. The van der Waals surface area contributed by atoms with E-state index in [0.717, 1.165) is 0 Å². The van der Waals surface area contributed by atoms with Crippen molar-refractivity contribution in [2.75, 3.05) is 4.72 Å². The summed E-state index contributed by atoms with van der Waals surface area (Å²) in [6.45, 7) is 0. The van der Waals surface area contributed by atoms with E-state index in [1.54, 1.807) is 7.05 Å². The summed E-state index contributed by atoms with van der Waals surface area (Å²) >= 11 is 5.63. The molecule has 0 atom stereocenters. The maximum atomic E-state index is 11.9. The summed E-state index contributed by atoms with van der Waals surface area (Å²) in [6.07, 6.45) is 2.61. The maximum absolute atomic E-state index is 11.9. The predicted octanol–water partition coefficient (Wildman–Crippen LogP) is 1.58. The standard InChI is InChI=1S/C10H10ClN3O3S/c1-14-6-8(5-12-14)18(16,17)13-7-2-3-9(11)10(15)4-7/h2-6,13,15H,1H3. The van der Waals surface area contributed by atoms with Gasteiger partial charge >= 0.3 is 0 Å².